The van der Waals surface area contributed by atoms with E-state index in [9.17, 15) is 9.90 Å². The third-order valence-corrected chi connectivity index (χ3v) is 6.26. The largest absolute Gasteiger partial charge is 0.478 e. The summed E-state index contributed by atoms with van der Waals surface area (Å²) in [6.07, 6.45) is 5.59. The highest BCUT2D eigenvalue weighted by atomic mass is 16.4. The van der Waals surface area contributed by atoms with Gasteiger partial charge in [-0.1, -0.05) is 36.4 Å². The lowest BCUT2D eigenvalue weighted by atomic mass is 9.95. The Balaban J connectivity index is 1.43. The lowest BCUT2D eigenvalue weighted by molar-refractivity contribution is 0.0697. The molecule has 5 nitrogen and oxygen atoms in total. The first-order valence-corrected chi connectivity index (χ1v) is 10.5. The molecule has 0 radical (unpaired) electrons. The number of carbonyl (C=O) groups is 1. The SMILES string of the molecule is Cc1ccccc1-c1ccc2c(c1)CN(C1CC1)[C@H]2CNc1cnccc1C(=O)O. The monoisotopic (exact) mass is 399 g/mol. The molecule has 5 rings (SSSR count). The van der Waals surface area contributed by atoms with E-state index in [0.717, 1.165) is 6.54 Å². The van der Waals surface area contributed by atoms with E-state index in [1.54, 1.807) is 12.3 Å². The molecule has 1 atom stereocenters. The number of benzene rings is 2. The van der Waals surface area contributed by atoms with Crippen molar-refractivity contribution >= 4 is 11.7 Å². The Labute approximate surface area is 176 Å². The van der Waals surface area contributed by atoms with Gasteiger partial charge in [0.2, 0.25) is 0 Å². The van der Waals surface area contributed by atoms with Gasteiger partial charge in [-0.3, -0.25) is 9.88 Å². The number of pyridine rings is 1. The van der Waals surface area contributed by atoms with Crippen molar-refractivity contribution in [1.82, 2.24) is 9.88 Å². The number of hydrogen-bond donors (Lipinski definition) is 2. The van der Waals surface area contributed by atoms with Gasteiger partial charge >= 0.3 is 5.97 Å². The fourth-order valence-electron chi connectivity index (χ4n) is 4.56. The van der Waals surface area contributed by atoms with Gasteiger partial charge in [0.05, 0.1) is 23.5 Å². The summed E-state index contributed by atoms with van der Waals surface area (Å²) in [5.41, 5.74) is 7.37. The van der Waals surface area contributed by atoms with Gasteiger partial charge in [-0.25, -0.2) is 4.79 Å². The van der Waals surface area contributed by atoms with E-state index in [1.807, 2.05) is 0 Å². The van der Waals surface area contributed by atoms with Crippen LogP contribution in [-0.2, 0) is 6.54 Å². The Morgan fingerprint density at radius 3 is 2.80 bits per heavy atom. The summed E-state index contributed by atoms with van der Waals surface area (Å²) in [6.45, 7) is 3.77. The Bertz CT molecular complexity index is 1110. The summed E-state index contributed by atoms with van der Waals surface area (Å²) in [5, 5.41) is 12.8. The zero-order valence-electron chi connectivity index (χ0n) is 17.0. The van der Waals surface area contributed by atoms with Crippen LogP contribution in [0.5, 0.6) is 0 Å². The summed E-state index contributed by atoms with van der Waals surface area (Å²) in [7, 11) is 0. The van der Waals surface area contributed by atoms with Crippen molar-refractivity contribution in [2.45, 2.75) is 38.4 Å². The van der Waals surface area contributed by atoms with Gasteiger partial charge in [-0.05, 0) is 59.7 Å². The number of fused-ring (bicyclic) bond motifs is 1. The second-order valence-corrected chi connectivity index (χ2v) is 8.26. The van der Waals surface area contributed by atoms with Crippen LogP contribution in [0.25, 0.3) is 11.1 Å². The van der Waals surface area contributed by atoms with Crippen molar-refractivity contribution in [2.24, 2.45) is 0 Å². The van der Waals surface area contributed by atoms with Crippen molar-refractivity contribution in [2.75, 3.05) is 11.9 Å². The van der Waals surface area contributed by atoms with Gasteiger partial charge < -0.3 is 10.4 Å². The summed E-state index contributed by atoms with van der Waals surface area (Å²) >= 11 is 0. The van der Waals surface area contributed by atoms with Crippen LogP contribution >= 0.6 is 0 Å². The molecule has 2 aromatic carbocycles. The number of aromatic carboxylic acids is 1. The molecular weight excluding hydrogens is 374 g/mol. The molecule has 1 aliphatic heterocycles. The zero-order valence-corrected chi connectivity index (χ0v) is 17.0. The number of aromatic nitrogens is 1. The molecule has 2 N–H and O–H groups in total. The van der Waals surface area contributed by atoms with Crippen LogP contribution < -0.4 is 5.32 Å². The molecule has 3 aromatic rings. The maximum absolute atomic E-state index is 11.5. The Hall–Kier alpha value is -3.18. The number of anilines is 1. The number of nitrogens with one attached hydrogen (secondary N) is 1. The van der Waals surface area contributed by atoms with Gasteiger partial charge in [-0.15, -0.1) is 0 Å². The first-order chi connectivity index (χ1) is 14.6. The molecule has 152 valence electrons. The van der Waals surface area contributed by atoms with Crippen LogP contribution in [0.3, 0.4) is 0 Å². The standard InChI is InChI=1S/C25H25N3O2/c1-16-4-2-3-5-20(16)17-6-9-21-18(12-17)15-28(19-7-8-19)24(21)14-27-23-13-26-11-10-22(23)25(29)30/h2-6,9-13,19,24,27H,7-8,14-15H2,1H3,(H,29,30)/t24-/m0/s1. The van der Waals surface area contributed by atoms with E-state index in [2.05, 4.69) is 64.6 Å². The highest BCUT2D eigenvalue weighted by molar-refractivity contribution is 5.93. The number of carboxylic acids is 1. The van der Waals surface area contributed by atoms with Crippen LogP contribution in [0.2, 0.25) is 0 Å². The van der Waals surface area contributed by atoms with Crippen molar-refractivity contribution in [3.63, 3.8) is 0 Å². The minimum Gasteiger partial charge on any atom is -0.478 e. The van der Waals surface area contributed by atoms with Crippen molar-refractivity contribution in [3.05, 3.63) is 83.2 Å². The minimum atomic E-state index is -0.936. The lowest BCUT2D eigenvalue weighted by Gasteiger charge is -2.25. The molecule has 2 aliphatic rings. The maximum Gasteiger partial charge on any atom is 0.337 e. The number of rotatable bonds is 6. The van der Waals surface area contributed by atoms with Crippen molar-refractivity contribution in [1.29, 1.82) is 0 Å². The lowest BCUT2D eigenvalue weighted by Crippen LogP contribution is -2.29. The zero-order chi connectivity index (χ0) is 20.7. The molecule has 1 aromatic heterocycles. The normalized spacial score (nSPS) is 18.2. The number of aryl methyl sites for hydroxylation is 1. The Morgan fingerprint density at radius 1 is 1.20 bits per heavy atom. The van der Waals surface area contributed by atoms with Gasteiger partial charge in [-0.2, -0.15) is 0 Å². The third kappa shape index (κ3) is 3.46. The van der Waals surface area contributed by atoms with E-state index in [0.29, 0.717) is 18.3 Å². The molecule has 2 heterocycles. The average Bonchev–Trinajstić information content (AvgIpc) is 3.54. The fraction of sp³-hybridized carbons (Fsp3) is 0.280. The Kier molecular flexibility index (Phi) is 4.75. The van der Waals surface area contributed by atoms with Gasteiger partial charge in [0.25, 0.3) is 0 Å². The van der Waals surface area contributed by atoms with Crippen LogP contribution in [0.1, 0.15) is 45.9 Å². The molecule has 1 aliphatic carbocycles. The van der Waals surface area contributed by atoms with Crippen molar-refractivity contribution < 1.29 is 9.90 Å². The van der Waals surface area contributed by atoms with E-state index in [1.165, 1.54) is 46.9 Å². The van der Waals surface area contributed by atoms with Crippen LogP contribution in [0, 0.1) is 6.92 Å². The number of hydrogen-bond acceptors (Lipinski definition) is 4. The van der Waals surface area contributed by atoms with Crippen molar-refractivity contribution in [3.8, 4) is 11.1 Å². The molecule has 0 spiro atoms. The van der Waals surface area contributed by atoms with E-state index >= 15 is 0 Å². The predicted octanol–water partition coefficient (Wildman–Crippen LogP) is 4.89. The fourth-order valence-corrected chi connectivity index (χ4v) is 4.56. The Morgan fingerprint density at radius 2 is 2.03 bits per heavy atom. The van der Waals surface area contributed by atoms with E-state index in [-0.39, 0.29) is 11.6 Å². The second kappa shape index (κ2) is 7.58. The molecule has 1 fully saturated rings. The van der Waals surface area contributed by atoms with Gasteiger partial charge in [0.15, 0.2) is 0 Å². The molecule has 0 saturated heterocycles. The molecule has 30 heavy (non-hydrogen) atoms. The predicted molar refractivity (Wildman–Crippen MR) is 118 cm³/mol. The van der Waals surface area contributed by atoms with Gasteiger partial charge in [0.1, 0.15) is 0 Å². The first-order valence-electron chi connectivity index (χ1n) is 10.5. The summed E-state index contributed by atoms with van der Waals surface area (Å²) in [6, 6.07) is 17.7. The average molecular weight is 399 g/mol. The number of carboxylic acid groups (broad SMARTS) is 1. The topological polar surface area (TPSA) is 65.5 Å². The minimum absolute atomic E-state index is 0.236. The number of nitrogens with zero attached hydrogens (tertiary/aromatic N) is 2. The second-order valence-electron chi connectivity index (χ2n) is 8.26. The smallest absolute Gasteiger partial charge is 0.337 e. The van der Waals surface area contributed by atoms with Gasteiger partial charge in [0, 0.05) is 25.3 Å². The summed E-state index contributed by atoms with van der Waals surface area (Å²) in [5.74, 6) is -0.936. The molecule has 1 saturated carbocycles. The summed E-state index contributed by atoms with van der Waals surface area (Å²) < 4.78 is 0. The third-order valence-electron chi connectivity index (χ3n) is 6.26. The molecule has 5 heteroatoms. The van der Waals surface area contributed by atoms with Crippen LogP contribution in [-0.4, -0.2) is 33.5 Å². The quantitative estimate of drug-likeness (QED) is 0.618. The van der Waals surface area contributed by atoms with Crippen LogP contribution in [0.4, 0.5) is 5.69 Å². The molecule has 0 unspecified atom stereocenters. The molecule has 0 amide bonds. The van der Waals surface area contributed by atoms with E-state index in [4.69, 9.17) is 0 Å². The highest BCUT2D eigenvalue weighted by Gasteiger charge is 2.39. The molecular formula is C25H25N3O2. The molecule has 0 bridgehead atoms. The first kappa shape index (κ1) is 18.8. The van der Waals surface area contributed by atoms with E-state index < -0.39 is 5.97 Å². The highest BCUT2D eigenvalue weighted by Crippen LogP contribution is 2.43. The summed E-state index contributed by atoms with van der Waals surface area (Å²) in [4.78, 5) is 18.2. The van der Waals surface area contributed by atoms with Crippen LogP contribution in [0.15, 0.2) is 60.9 Å². The maximum atomic E-state index is 11.5.